The van der Waals surface area contributed by atoms with Gasteiger partial charge in [0.05, 0.1) is 11.1 Å². The van der Waals surface area contributed by atoms with E-state index in [9.17, 15) is 0 Å². The summed E-state index contributed by atoms with van der Waals surface area (Å²) in [7, 11) is 0. The molecule has 0 saturated carbocycles. The maximum absolute atomic E-state index is 6.45. The van der Waals surface area contributed by atoms with Crippen LogP contribution in [-0.2, 0) is 18.4 Å². The zero-order valence-electron chi connectivity index (χ0n) is 20.3. The van der Waals surface area contributed by atoms with E-state index in [4.69, 9.17) is 9.47 Å². The summed E-state index contributed by atoms with van der Waals surface area (Å²) in [6.45, 7) is 0.550. The fourth-order valence-electron chi connectivity index (χ4n) is 6.66. The van der Waals surface area contributed by atoms with Crippen LogP contribution in [-0.4, -0.2) is 0 Å². The summed E-state index contributed by atoms with van der Waals surface area (Å²) in [5.41, 5.74) is 10.9. The van der Waals surface area contributed by atoms with E-state index in [1.165, 1.54) is 44.5 Å². The van der Waals surface area contributed by atoms with Crippen LogP contribution >= 0.6 is 0 Å². The molecule has 3 heteroatoms. The molecule has 178 valence electrons. The normalized spacial score (nSPS) is 20.2. The van der Waals surface area contributed by atoms with Crippen LogP contribution in [0.5, 0.6) is 11.5 Å². The molecule has 8 rings (SSSR count). The third-order valence-electron chi connectivity index (χ3n) is 8.20. The standard InChI is InChI=1S/C34H25NO2/c1-4-14-26-23(11-1)21-36-30-18-7-2-10-22(30)20-34(26)27-15-5-3-12-24(27)32-25(13-9-16-28(32)34)33-35-29-17-6-8-19-31(29)37-33/h1-19,33,35H,20-21H2. The quantitative estimate of drug-likeness (QED) is 0.268. The highest BCUT2D eigenvalue weighted by Crippen LogP contribution is 2.58. The van der Waals surface area contributed by atoms with Crippen LogP contribution in [0.15, 0.2) is 115 Å². The molecule has 0 bridgehead atoms. The van der Waals surface area contributed by atoms with E-state index in [2.05, 4.69) is 102 Å². The molecule has 3 aliphatic rings. The minimum atomic E-state index is -0.329. The molecule has 5 aromatic carbocycles. The smallest absolute Gasteiger partial charge is 0.197 e. The van der Waals surface area contributed by atoms with E-state index in [-0.39, 0.29) is 11.6 Å². The molecule has 0 radical (unpaired) electrons. The molecular formula is C34H25NO2. The molecule has 2 heterocycles. The van der Waals surface area contributed by atoms with Gasteiger partial charge in [0.15, 0.2) is 6.23 Å². The van der Waals surface area contributed by atoms with Gasteiger partial charge >= 0.3 is 0 Å². The number of nitrogens with one attached hydrogen (secondary N) is 1. The number of para-hydroxylation sites is 3. The van der Waals surface area contributed by atoms with E-state index in [0.29, 0.717) is 6.61 Å². The van der Waals surface area contributed by atoms with Gasteiger partial charge in [0.25, 0.3) is 0 Å². The molecule has 0 fully saturated rings. The molecule has 0 amide bonds. The molecule has 0 saturated heterocycles. The fourth-order valence-corrected chi connectivity index (χ4v) is 6.66. The molecule has 5 aromatic rings. The zero-order valence-corrected chi connectivity index (χ0v) is 20.3. The molecule has 2 unspecified atom stereocenters. The largest absolute Gasteiger partial charge is 0.489 e. The van der Waals surface area contributed by atoms with E-state index >= 15 is 0 Å². The Hall–Kier alpha value is -4.50. The minimum absolute atomic E-state index is 0.241. The second-order valence-electron chi connectivity index (χ2n) is 10.1. The number of hydrogen-bond donors (Lipinski definition) is 1. The van der Waals surface area contributed by atoms with Crippen molar-refractivity contribution in [2.24, 2.45) is 0 Å². The van der Waals surface area contributed by atoms with Crippen molar-refractivity contribution in [3.8, 4) is 22.6 Å². The maximum Gasteiger partial charge on any atom is 0.197 e. The van der Waals surface area contributed by atoms with E-state index < -0.39 is 0 Å². The second kappa shape index (κ2) is 7.75. The lowest BCUT2D eigenvalue weighted by Gasteiger charge is -2.37. The number of ether oxygens (including phenoxy) is 2. The molecule has 3 nitrogen and oxygen atoms in total. The molecule has 1 N–H and O–H groups in total. The van der Waals surface area contributed by atoms with Crippen molar-refractivity contribution in [3.63, 3.8) is 0 Å². The predicted molar refractivity (Wildman–Crippen MR) is 146 cm³/mol. The number of benzene rings is 5. The van der Waals surface area contributed by atoms with Gasteiger partial charge in [-0.25, -0.2) is 0 Å². The third kappa shape index (κ3) is 2.88. The summed E-state index contributed by atoms with van der Waals surface area (Å²) in [6, 6.07) is 41.1. The highest BCUT2D eigenvalue weighted by Gasteiger charge is 2.48. The first-order chi connectivity index (χ1) is 18.3. The van der Waals surface area contributed by atoms with Crippen LogP contribution in [0.4, 0.5) is 5.69 Å². The maximum atomic E-state index is 6.45. The Morgan fingerprint density at radius 3 is 2.22 bits per heavy atom. The minimum Gasteiger partial charge on any atom is -0.489 e. The van der Waals surface area contributed by atoms with Gasteiger partial charge < -0.3 is 14.8 Å². The lowest BCUT2D eigenvalue weighted by atomic mass is 9.67. The van der Waals surface area contributed by atoms with Gasteiger partial charge in [-0.05, 0) is 63.6 Å². The summed E-state index contributed by atoms with van der Waals surface area (Å²) < 4.78 is 12.8. The lowest BCUT2D eigenvalue weighted by molar-refractivity contribution is 0.260. The predicted octanol–water partition coefficient (Wildman–Crippen LogP) is 7.64. The van der Waals surface area contributed by atoms with Gasteiger partial charge in [-0.1, -0.05) is 97.1 Å². The second-order valence-corrected chi connectivity index (χ2v) is 10.1. The first-order valence-corrected chi connectivity index (χ1v) is 12.9. The van der Waals surface area contributed by atoms with Crippen molar-refractivity contribution < 1.29 is 9.47 Å². The Kier molecular flexibility index (Phi) is 4.33. The van der Waals surface area contributed by atoms with E-state index in [1.54, 1.807) is 0 Å². The number of fused-ring (bicyclic) bond motifs is 9. The third-order valence-corrected chi connectivity index (χ3v) is 8.20. The van der Waals surface area contributed by atoms with Gasteiger partial charge in [0, 0.05) is 5.56 Å². The van der Waals surface area contributed by atoms with Crippen molar-refractivity contribution in [3.05, 3.63) is 149 Å². The van der Waals surface area contributed by atoms with Crippen LogP contribution in [0.25, 0.3) is 11.1 Å². The van der Waals surface area contributed by atoms with Crippen LogP contribution < -0.4 is 14.8 Å². The zero-order chi connectivity index (χ0) is 24.4. The summed E-state index contributed by atoms with van der Waals surface area (Å²) in [6.07, 6.45) is 0.585. The molecule has 2 aliphatic heterocycles. The van der Waals surface area contributed by atoms with Gasteiger partial charge in [-0.15, -0.1) is 0 Å². The molecule has 0 aromatic heterocycles. The van der Waals surface area contributed by atoms with Crippen LogP contribution in [0.2, 0.25) is 0 Å². The highest BCUT2D eigenvalue weighted by molar-refractivity contribution is 5.87. The van der Waals surface area contributed by atoms with Crippen molar-refractivity contribution in [2.75, 3.05) is 5.32 Å². The fraction of sp³-hybridized carbons (Fsp3) is 0.118. The Labute approximate surface area is 216 Å². The van der Waals surface area contributed by atoms with Gasteiger partial charge in [0.1, 0.15) is 18.1 Å². The Bertz CT molecular complexity index is 1660. The van der Waals surface area contributed by atoms with Gasteiger partial charge in [-0.3, -0.25) is 0 Å². The molecule has 1 aliphatic carbocycles. The molecule has 2 atom stereocenters. The van der Waals surface area contributed by atoms with Crippen LogP contribution in [0.1, 0.15) is 39.6 Å². The van der Waals surface area contributed by atoms with E-state index in [1.807, 2.05) is 18.2 Å². The number of rotatable bonds is 1. The van der Waals surface area contributed by atoms with Gasteiger partial charge in [-0.2, -0.15) is 0 Å². The Morgan fingerprint density at radius 2 is 1.32 bits per heavy atom. The SMILES string of the molecule is c1ccc2c(c1)CC1(c3ccccc3CO2)c2ccccc2-c2c(C3Nc4ccccc4O3)cccc21. The lowest BCUT2D eigenvalue weighted by Crippen LogP contribution is -2.33. The Morgan fingerprint density at radius 1 is 0.622 bits per heavy atom. The number of hydrogen-bond acceptors (Lipinski definition) is 3. The van der Waals surface area contributed by atoms with Crippen molar-refractivity contribution in [1.82, 2.24) is 0 Å². The highest BCUT2D eigenvalue weighted by atomic mass is 16.5. The molecule has 1 spiro atoms. The summed E-state index contributed by atoms with van der Waals surface area (Å²) in [4.78, 5) is 0. The topological polar surface area (TPSA) is 30.5 Å². The first kappa shape index (κ1) is 20.7. The summed E-state index contributed by atoms with van der Waals surface area (Å²) >= 11 is 0. The van der Waals surface area contributed by atoms with Crippen molar-refractivity contribution in [2.45, 2.75) is 24.7 Å². The van der Waals surface area contributed by atoms with E-state index in [0.717, 1.165) is 23.6 Å². The van der Waals surface area contributed by atoms with Crippen LogP contribution in [0.3, 0.4) is 0 Å². The average Bonchev–Trinajstić information content (AvgIpc) is 3.50. The van der Waals surface area contributed by atoms with Gasteiger partial charge in [0.2, 0.25) is 0 Å². The molecular weight excluding hydrogens is 454 g/mol. The van der Waals surface area contributed by atoms with Crippen molar-refractivity contribution in [1.29, 1.82) is 0 Å². The average molecular weight is 480 g/mol. The summed E-state index contributed by atoms with van der Waals surface area (Å²) in [5.74, 6) is 1.86. The Balaban J connectivity index is 1.41. The summed E-state index contributed by atoms with van der Waals surface area (Å²) in [5, 5.41) is 3.62. The van der Waals surface area contributed by atoms with Crippen molar-refractivity contribution >= 4 is 5.69 Å². The molecule has 37 heavy (non-hydrogen) atoms. The first-order valence-electron chi connectivity index (χ1n) is 12.9. The number of anilines is 1. The van der Waals surface area contributed by atoms with Crippen LogP contribution in [0, 0.1) is 0 Å². The monoisotopic (exact) mass is 479 g/mol.